The lowest BCUT2D eigenvalue weighted by molar-refractivity contribution is -0.272. The van der Waals surface area contributed by atoms with Gasteiger partial charge >= 0.3 is 43.0 Å². The molecule has 3 amide bonds. The predicted octanol–water partition coefficient (Wildman–Crippen LogP) is 13.9. The Bertz CT molecular complexity index is 3350. The Balaban J connectivity index is 0.000000721. The number of alkyl halides is 12. The van der Waals surface area contributed by atoms with Gasteiger partial charge in [0.2, 0.25) is 22.4 Å². The van der Waals surface area contributed by atoms with E-state index < -0.39 is 190 Å². The average molecular weight is 1540 g/mol. The Morgan fingerprint density at radius 2 is 0.682 bits per heavy atom. The van der Waals surface area contributed by atoms with E-state index >= 15 is 0 Å². The average Bonchev–Trinajstić information content (AvgIpc) is 0.802. The number of nitrogens with one attached hydrogen (secondary N) is 3. The molecule has 21 nitrogen and oxygen atoms in total. The summed E-state index contributed by atoms with van der Waals surface area (Å²) in [5, 5.41) is 24.4. The summed E-state index contributed by atoms with van der Waals surface area (Å²) in [7, 11) is 0. The highest BCUT2D eigenvalue weighted by Gasteiger charge is 2.64. The van der Waals surface area contributed by atoms with Gasteiger partial charge in [-0.3, -0.25) is 19.2 Å². The minimum Gasteiger partial charge on any atom is -0.444 e. The number of hydrogen-bond acceptors (Lipinski definition) is 18. The molecule has 0 aliphatic carbocycles. The highest BCUT2D eigenvalue weighted by atomic mass is 19.4. The lowest BCUT2D eigenvalue weighted by Crippen LogP contribution is -2.57. The van der Waals surface area contributed by atoms with Crippen molar-refractivity contribution in [2.75, 3.05) is 46.0 Å². The maximum atomic E-state index is 14.2. The number of carbonyl (C=O) groups excluding carboxylic acids is 7. The third kappa shape index (κ3) is 34.2. The van der Waals surface area contributed by atoms with Gasteiger partial charge in [-0.05, 0) is 117 Å². The fourth-order valence-electron chi connectivity index (χ4n) is 9.09. The molecule has 5 atom stereocenters. The molecular weight excluding hydrogens is 1440 g/mol. The standard InChI is InChI=1S/C22H32F3NO6.C19H26F3NO5.C19H24F3NO4.C14H16F3NO2/c1-16(27)14-30-12-8-11-21(22(23,24)25,31-15-17-9-6-5-7-10-17)18(28)13-26-19(29)32-20(2,3)4;1-17(2,3)28-16(26)23-12-15(25)18(10-7-11-24,19(20,21)22)27-13-14-8-5-4-6-9-14;1-5-11-18(19(20,21)22,26-13-14-9-7-6-8-10-14)15(24)12-23-16(25)27-17(2,3)4;1-2-8-13(12(19)9-18,14(15,16)17)20-10-11-6-4-3-5-7-11/h5-7,9-10,16,27H,8,11-15H2,1-4H3,(H,26,29);4-6,8-9,24H,7,10-13H2,1-3H3,(H,23,26);5-10H,1,11-13H2,2-4H3,(H,23,25);2-7H,1,8-10,18H2/t16-,21+;2*18-;13-/m0111/s1. The molecule has 0 heterocycles. The third-order valence-corrected chi connectivity index (χ3v) is 14.2. The molecule has 4 aromatic carbocycles. The predicted molar refractivity (Wildman–Crippen MR) is 370 cm³/mol. The topological polar surface area (TPSA) is 296 Å². The molecule has 107 heavy (non-hydrogen) atoms. The van der Waals surface area contributed by atoms with Crippen molar-refractivity contribution in [2.45, 2.75) is 204 Å². The Labute approximate surface area is 614 Å². The molecule has 0 radical (unpaired) electrons. The van der Waals surface area contributed by atoms with Gasteiger partial charge in [0.05, 0.1) is 65.3 Å². The number of rotatable bonds is 36. The van der Waals surface area contributed by atoms with E-state index in [1.165, 1.54) is 6.92 Å². The van der Waals surface area contributed by atoms with Crippen LogP contribution in [0, 0.1) is 0 Å². The first-order chi connectivity index (χ1) is 49.5. The molecule has 4 rings (SSSR count). The van der Waals surface area contributed by atoms with Crippen molar-refractivity contribution in [3.05, 3.63) is 169 Å². The maximum Gasteiger partial charge on any atom is 0.425 e. The Morgan fingerprint density at radius 3 is 0.916 bits per heavy atom. The number of aliphatic hydroxyl groups excluding tert-OH is 2. The zero-order valence-corrected chi connectivity index (χ0v) is 61.3. The van der Waals surface area contributed by atoms with Crippen LogP contribution in [-0.2, 0) is 83.5 Å². The highest BCUT2D eigenvalue weighted by Crippen LogP contribution is 2.43. The van der Waals surface area contributed by atoms with Crippen LogP contribution in [0.25, 0.3) is 0 Å². The van der Waals surface area contributed by atoms with Gasteiger partial charge in [0.15, 0.2) is 23.1 Å². The van der Waals surface area contributed by atoms with Gasteiger partial charge in [-0.25, -0.2) is 14.4 Å². The normalized spacial score (nSPS) is 14.5. The van der Waals surface area contributed by atoms with Gasteiger partial charge in [0.1, 0.15) is 16.8 Å². The highest BCUT2D eigenvalue weighted by molar-refractivity contribution is 5.94. The molecule has 7 N–H and O–H groups in total. The molecule has 0 aliphatic rings. The summed E-state index contributed by atoms with van der Waals surface area (Å²) in [4.78, 5) is 84.6. The monoisotopic (exact) mass is 1540 g/mol. The van der Waals surface area contributed by atoms with Crippen LogP contribution in [0.5, 0.6) is 0 Å². The number of hydrogen-bond donors (Lipinski definition) is 6. The van der Waals surface area contributed by atoms with Crippen LogP contribution in [0.15, 0.2) is 147 Å². The Morgan fingerprint density at radius 1 is 0.430 bits per heavy atom. The number of Topliss-reactive ketones (excluding diaryl/α,β-unsaturated/α-hetero) is 4. The quantitative estimate of drug-likeness (QED) is 0.0107. The van der Waals surface area contributed by atoms with Gasteiger partial charge in [-0.1, -0.05) is 133 Å². The van der Waals surface area contributed by atoms with Gasteiger partial charge < -0.3 is 69.8 Å². The summed E-state index contributed by atoms with van der Waals surface area (Å²) >= 11 is 0. The molecular formula is C74H98F12N4O17. The van der Waals surface area contributed by atoms with Crippen LogP contribution >= 0.6 is 0 Å². The summed E-state index contributed by atoms with van der Waals surface area (Å²) in [6.45, 7) is 16.5. The molecule has 0 spiro atoms. The van der Waals surface area contributed by atoms with Crippen LogP contribution in [-0.4, -0.2) is 168 Å². The van der Waals surface area contributed by atoms with Gasteiger partial charge in [0, 0.05) is 26.1 Å². The first-order valence-electron chi connectivity index (χ1n) is 33.3. The van der Waals surface area contributed by atoms with Crippen LogP contribution < -0.4 is 21.7 Å². The van der Waals surface area contributed by atoms with Gasteiger partial charge in [-0.15, -0.1) is 13.2 Å². The molecule has 0 aliphatic heterocycles. The van der Waals surface area contributed by atoms with E-state index in [2.05, 4.69) is 18.5 Å². The van der Waals surface area contributed by atoms with E-state index in [0.717, 1.165) is 12.2 Å². The molecule has 0 fully saturated rings. The fraction of sp³-hybridized carbons (Fsp3) is 0.527. The molecule has 0 bridgehead atoms. The molecule has 0 saturated heterocycles. The van der Waals surface area contributed by atoms with Crippen LogP contribution in [0.4, 0.5) is 67.1 Å². The van der Waals surface area contributed by atoms with Crippen molar-refractivity contribution in [3.8, 4) is 0 Å². The second-order valence-electron chi connectivity index (χ2n) is 26.7. The number of carbonyl (C=O) groups is 7. The van der Waals surface area contributed by atoms with E-state index in [4.69, 9.17) is 48.7 Å². The van der Waals surface area contributed by atoms with Crippen molar-refractivity contribution in [1.82, 2.24) is 16.0 Å². The zero-order chi connectivity index (χ0) is 81.8. The molecule has 4 aromatic rings. The summed E-state index contributed by atoms with van der Waals surface area (Å²) < 4.78 is 206. The number of aliphatic hydroxyl groups is 2. The van der Waals surface area contributed by atoms with E-state index in [0.29, 0.717) is 22.3 Å². The van der Waals surface area contributed by atoms with Gasteiger partial charge in [0.25, 0.3) is 0 Å². The summed E-state index contributed by atoms with van der Waals surface area (Å²) in [6.07, 6.45) is -25.1. The summed E-state index contributed by atoms with van der Waals surface area (Å²) in [5.74, 6) is -5.25. The van der Waals surface area contributed by atoms with Crippen molar-refractivity contribution >= 4 is 41.4 Å². The molecule has 0 unspecified atom stereocenters. The van der Waals surface area contributed by atoms with E-state index in [1.807, 2.05) is 10.6 Å². The largest absolute Gasteiger partial charge is 0.444 e. The number of ether oxygens (including phenoxy) is 8. The number of amides is 3. The number of alkyl carbamates (subject to hydrolysis) is 3. The number of benzene rings is 4. The maximum absolute atomic E-state index is 14.2. The van der Waals surface area contributed by atoms with Crippen LogP contribution in [0.1, 0.15) is 130 Å². The number of halogens is 12. The third-order valence-electron chi connectivity index (χ3n) is 14.2. The molecule has 33 heteroatoms. The SMILES string of the molecule is C=CC[C@@](OCc1ccccc1)(C(=O)CN)C(F)(F)F.C=CC[C@@](OCc1ccccc1)(C(=O)CNC(=O)OC(C)(C)C)C(F)(F)F.CC(C)(C)OC(=O)NCC(=O)[C@@](CCCO)(OCc1ccccc1)C(F)(F)F.C[C@H](O)COCCC[C@@](OCc1ccccc1)(C(=O)CNC(=O)OC(C)(C)C)C(F)(F)F. The smallest absolute Gasteiger partial charge is 0.425 e. The molecule has 0 aromatic heterocycles. The minimum atomic E-state index is -5.04. The van der Waals surface area contributed by atoms with E-state index in [1.54, 1.807) is 184 Å². The summed E-state index contributed by atoms with van der Waals surface area (Å²) in [6, 6.07) is 32.7. The number of nitrogens with two attached hydrogens (primary N) is 1. The van der Waals surface area contributed by atoms with Gasteiger partial charge in [-0.2, -0.15) is 52.7 Å². The zero-order valence-electron chi connectivity index (χ0n) is 61.3. The van der Waals surface area contributed by atoms with Crippen molar-refractivity contribution in [3.63, 3.8) is 0 Å². The van der Waals surface area contributed by atoms with Crippen molar-refractivity contribution in [2.24, 2.45) is 5.73 Å². The first-order valence-corrected chi connectivity index (χ1v) is 33.3. The number of ketones is 4. The molecule has 600 valence electrons. The van der Waals surface area contributed by atoms with E-state index in [-0.39, 0.29) is 32.7 Å². The minimum absolute atomic E-state index is 0.0436. The lowest BCUT2D eigenvalue weighted by Gasteiger charge is -2.34. The van der Waals surface area contributed by atoms with E-state index in [9.17, 15) is 91.4 Å². The van der Waals surface area contributed by atoms with Crippen molar-refractivity contribution < 1.29 is 134 Å². The van der Waals surface area contributed by atoms with Crippen molar-refractivity contribution in [1.29, 1.82) is 0 Å². The fourth-order valence-corrected chi connectivity index (χ4v) is 9.09. The Hall–Kier alpha value is -8.31. The molecule has 0 saturated carbocycles. The van der Waals surface area contributed by atoms with Crippen LogP contribution in [0.3, 0.4) is 0 Å². The first kappa shape index (κ1) is 96.7. The van der Waals surface area contributed by atoms with Crippen LogP contribution in [0.2, 0.25) is 0 Å². The Kier molecular flexibility index (Phi) is 40.0. The second-order valence-corrected chi connectivity index (χ2v) is 26.7. The summed E-state index contributed by atoms with van der Waals surface area (Å²) in [5.41, 5.74) is -7.92. The lowest BCUT2D eigenvalue weighted by atomic mass is 9.91. The second kappa shape index (κ2) is 44.2.